The molecule has 0 unspecified atom stereocenters. The molecule has 31 heavy (non-hydrogen) atoms. The molecule has 0 bridgehead atoms. The van der Waals surface area contributed by atoms with Crippen molar-refractivity contribution in [2.24, 2.45) is 10.8 Å². The fourth-order valence-electron chi connectivity index (χ4n) is 2.62. The lowest BCUT2D eigenvalue weighted by atomic mass is 9.77. The monoisotopic (exact) mass is 572 g/mol. The molecule has 0 N–H and O–H groups in total. The van der Waals surface area contributed by atoms with Crippen molar-refractivity contribution in [3.05, 3.63) is 54.7 Å². The number of Topliss-reactive ketones (excluding diaryl/α,β-unsaturated/α-hetero) is 1. The number of halogens is 4. The summed E-state index contributed by atoms with van der Waals surface area (Å²) in [7, 11) is -6.09. The van der Waals surface area contributed by atoms with Crippen LogP contribution in [0.25, 0.3) is 0 Å². The molecule has 2 rings (SSSR count). The highest BCUT2D eigenvalue weighted by atomic mass is 127. The molecule has 9 heteroatoms. The first kappa shape index (κ1) is 27.8. The van der Waals surface area contributed by atoms with Crippen LogP contribution in [-0.4, -0.2) is 24.3 Å². The van der Waals surface area contributed by atoms with Crippen molar-refractivity contribution in [3.8, 4) is 0 Å². The van der Waals surface area contributed by atoms with Gasteiger partial charge in [-0.2, -0.15) is 13.2 Å². The summed E-state index contributed by atoms with van der Waals surface area (Å²) >= 11 is -0.274. The molecule has 0 radical (unpaired) electrons. The molecular formula is C22H28F3IO4S. The third kappa shape index (κ3) is 8.69. The minimum Gasteiger partial charge on any atom is -0.741 e. The molecule has 4 nitrogen and oxygen atoms in total. The van der Waals surface area contributed by atoms with E-state index >= 15 is 0 Å². The number of rotatable bonds is 3. The van der Waals surface area contributed by atoms with Crippen LogP contribution in [0.1, 0.15) is 54.4 Å². The van der Waals surface area contributed by atoms with Crippen LogP contribution >= 0.6 is 0 Å². The van der Waals surface area contributed by atoms with Gasteiger partial charge in [-0.05, 0) is 24.0 Å². The first-order valence-electron chi connectivity index (χ1n) is 9.52. The van der Waals surface area contributed by atoms with E-state index < -0.39 is 15.6 Å². The Morgan fingerprint density at radius 3 is 1.87 bits per heavy atom. The topological polar surface area (TPSA) is 74.3 Å². The number of hydrogen-bond donors (Lipinski definition) is 0. The van der Waals surface area contributed by atoms with Crippen molar-refractivity contribution in [2.75, 3.05) is 0 Å². The van der Waals surface area contributed by atoms with E-state index in [-0.39, 0.29) is 32.0 Å². The summed E-state index contributed by atoms with van der Waals surface area (Å²) in [6.07, 6.45) is 4.09. The summed E-state index contributed by atoms with van der Waals surface area (Å²) < 4.78 is 61.7. The van der Waals surface area contributed by atoms with Gasteiger partial charge in [-0.3, -0.25) is 4.79 Å². The Kier molecular flexibility index (Phi) is 9.12. The molecule has 1 aromatic carbocycles. The van der Waals surface area contributed by atoms with Crippen LogP contribution < -0.4 is 21.2 Å². The quantitative estimate of drug-likeness (QED) is 0.242. The standard InChI is InChI=1S/C21H28IO.CHF3O3S/c1-20(2,3)15-12-13-17(19(23)21(4,5)6)18(14-15)22-16-10-8-7-9-11-16;2-1(3,4)8(5,6)7/h7-12H,13-14H2,1-6H3;(H,5,6,7)/q+1;/p-1. The molecule has 174 valence electrons. The van der Waals surface area contributed by atoms with Crippen LogP contribution in [0.2, 0.25) is 0 Å². The second-order valence-electron chi connectivity index (χ2n) is 9.11. The van der Waals surface area contributed by atoms with E-state index in [1.807, 2.05) is 20.8 Å². The Bertz CT molecular complexity index is 949. The summed E-state index contributed by atoms with van der Waals surface area (Å²) in [6.45, 7) is 12.9. The summed E-state index contributed by atoms with van der Waals surface area (Å²) in [6, 6.07) is 10.7. The minimum absolute atomic E-state index is 0.183. The zero-order chi connectivity index (χ0) is 24.3. The van der Waals surface area contributed by atoms with E-state index in [4.69, 9.17) is 13.0 Å². The highest BCUT2D eigenvalue weighted by molar-refractivity contribution is 7.86. The fraction of sp³-hybridized carbons (Fsp3) is 0.500. The highest BCUT2D eigenvalue weighted by Crippen LogP contribution is 2.35. The second-order valence-corrected chi connectivity index (χ2v) is 13.6. The Hall–Kier alpha value is -1.20. The number of benzene rings is 1. The molecule has 0 amide bonds. The second kappa shape index (κ2) is 10.2. The van der Waals surface area contributed by atoms with Gasteiger partial charge >= 0.3 is 26.7 Å². The smallest absolute Gasteiger partial charge is 0.485 e. The average Bonchev–Trinajstić information content (AvgIpc) is 2.59. The molecule has 0 aliphatic heterocycles. The lowest BCUT2D eigenvalue weighted by molar-refractivity contribution is -0.579. The number of allylic oxidation sites excluding steroid dienone is 4. The van der Waals surface area contributed by atoms with E-state index in [2.05, 4.69) is 57.2 Å². The number of hydrogen-bond acceptors (Lipinski definition) is 4. The predicted octanol–water partition coefficient (Wildman–Crippen LogP) is 2.63. The van der Waals surface area contributed by atoms with Gasteiger partial charge in [-0.15, -0.1) is 0 Å². The van der Waals surface area contributed by atoms with Crippen LogP contribution in [0.3, 0.4) is 0 Å². The van der Waals surface area contributed by atoms with E-state index in [9.17, 15) is 18.0 Å². The van der Waals surface area contributed by atoms with Gasteiger partial charge in [0.25, 0.3) is 0 Å². The molecule has 0 fully saturated rings. The van der Waals surface area contributed by atoms with Gasteiger partial charge in [0.15, 0.2) is 23.1 Å². The van der Waals surface area contributed by atoms with Gasteiger partial charge in [0, 0.05) is 17.4 Å². The highest BCUT2D eigenvalue weighted by Gasteiger charge is 2.37. The zero-order valence-corrected chi connectivity index (χ0v) is 21.4. The van der Waals surface area contributed by atoms with Crippen molar-refractivity contribution in [2.45, 2.75) is 59.9 Å². The van der Waals surface area contributed by atoms with Crippen molar-refractivity contribution in [1.82, 2.24) is 0 Å². The number of ketones is 1. The molecular weight excluding hydrogens is 544 g/mol. The predicted molar refractivity (Wildman–Crippen MR) is 109 cm³/mol. The van der Waals surface area contributed by atoms with Crippen LogP contribution in [-0.2, 0) is 14.9 Å². The lowest BCUT2D eigenvalue weighted by Crippen LogP contribution is -3.61. The van der Waals surface area contributed by atoms with Crippen LogP contribution in [0.5, 0.6) is 0 Å². The Morgan fingerprint density at radius 1 is 1.00 bits per heavy atom. The van der Waals surface area contributed by atoms with Crippen LogP contribution in [0, 0.1) is 14.4 Å². The van der Waals surface area contributed by atoms with Crippen molar-refractivity contribution >= 4 is 15.9 Å². The molecule has 0 saturated heterocycles. The maximum Gasteiger partial charge on any atom is 0.485 e. The molecule has 0 aromatic heterocycles. The SMILES string of the molecule is CC(C)(C)C(=O)C1=C([I+]c2ccccc2)CC(C(C)(C)C)=CC1.O=S(=O)([O-])C(F)(F)F. The Balaban J connectivity index is 0.000000512. The normalized spacial score (nSPS) is 15.7. The summed E-state index contributed by atoms with van der Waals surface area (Å²) in [5.74, 6) is 0.326. The fourth-order valence-corrected chi connectivity index (χ4v) is 5.54. The minimum atomic E-state index is -6.09. The zero-order valence-electron chi connectivity index (χ0n) is 18.4. The maximum atomic E-state index is 12.9. The third-order valence-corrected chi connectivity index (χ3v) is 7.98. The first-order valence-corrected chi connectivity index (χ1v) is 13.1. The van der Waals surface area contributed by atoms with E-state index in [1.165, 1.54) is 12.7 Å². The van der Waals surface area contributed by atoms with Crippen molar-refractivity contribution in [3.63, 3.8) is 0 Å². The molecule has 0 heterocycles. The van der Waals surface area contributed by atoms with Gasteiger partial charge in [-0.25, -0.2) is 8.42 Å². The number of carbonyl (C=O) groups excluding carboxylic acids is 1. The first-order chi connectivity index (χ1) is 13.8. The van der Waals surface area contributed by atoms with E-state index in [1.54, 1.807) is 0 Å². The average molecular weight is 572 g/mol. The van der Waals surface area contributed by atoms with Gasteiger partial charge in [0.05, 0.1) is 0 Å². The lowest BCUT2D eigenvalue weighted by Gasteiger charge is -2.27. The molecule has 1 aromatic rings. The largest absolute Gasteiger partial charge is 0.741 e. The van der Waals surface area contributed by atoms with Crippen molar-refractivity contribution < 1.29 is 52.1 Å². The maximum absolute atomic E-state index is 12.9. The van der Waals surface area contributed by atoms with Crippen LogP contribution in [0.4, 0.5) is 13.2 Å². The number of alkyl halides is 3. The summed E-state index contributed by atoms with van der Waals surface area (Å²) in [4.78, 5) is 12.9. The van der Waals surface area contributed by atoms with Gasteiger partial charge in [0.2, 0.25) is 0 Å². The molecule has 0 spiro atoms. The molecule has 0 atom stereocenters. The molecule has 1 aliphatic carbocycles. The molecule has 1 aliphatic rings. The summed E-state index contributed by atoms with van der Waals surface area (Å²) in [5.41, 5.74) is -3.20. The van der Waals surface area contributed by atoms with E-state index in [0.717, 1.165) is 18.4 Å². The van der Waals surface area contributed by atoms with Crippen LogP contribution in [0.15, 0.2) is 51.1 Å². The van der Waals surface area contributed by atoms with E-state index in [0.29, 0.717) is 5.78 Å². The van der Waals surface area contributed by atoms with Gasteiger partial charge in [0.1, 0.15) is 0 Å². The Morgan fingerprint density at radius 2 is 1.48 bits per heavy atom. The van der Waals surface area contributed by atoms with Crippen molar-refractivity contribution in [1.29, 1.82) is 0 Å². The van der Waals surface area contributed by atoms with Gasteiger partial charge in [-0.1, -0.05) is 71.4 Å². The van der Waals surface area contributed by atoms with Gasteiger partial charge < -0.3 is 4.55 Å². The summed E-state index contributed by atoms with van der Waals surface area (Å²) in [5, 5.41) is 0. The third-order valence-electron chi connectivity index (χ3n) is 4.38. The Labute approximate surface area is 193 Å². The molecule has 0 saturated carbocycles. The number of carbonyl (C=O) groups is 1.